The summed E-state index contributed by atoms with van der Waals surface area (Å²) in [5.41, 5.74) is 14.1. The number of ketones is 1. The lowest BCUT2D eigenvalue weighted by Crippen LogP contribution is -2.20. The Bertz CT molecular complexity index is 1980. The fourth-order valence-corrected chi connectivity index (χ4v) is 5.63. The summed E-state index contributed by atoms with van der Waals surface area (Å²) in [5.74, 6) is 3.09. The van der Waals surface area contributed by atoms with Crippen molar-refractivity contribution in [3.63, 3.8) is 0 Å². The lowest BCUT2D eigenvalue weighted by molar-refractivity contribution is 0.103. The molecule has 1 unspecified atom stereocenters. The molecule has 0 saturated carbocycles. The SMILES string of the molecule is Cc1cc(Oc2ccc3nc(COc4ccc(CC(C)Nc5ccccc5C(=O)c5ccccc5)cc4)n(C)c3c2)cc(C)c1N. The Morgan fingerprint density at radius 2 is 1.52 bits per heavy atom. The van der Waals surface area contributed by atoms with Crippen LogP contribution in [0.25, 0.3) is 11.0 Å². The van der Waals surface area contributed by atoms with Gasteiger partial charge in [-0.15, -0.1) is 0 Å². The third-order valence-corrected chi connectivity index (χ3v) is 8.19. The number of aryl methyl sites for hydroxylation is 3. The van der Waals surface area contributed by atoms with Gasteiger partial charge in [0.15, 0.2) is 5.78 Å². The molecule has 6 rings (SSSR count). The molecule has 0 saturated heterocycles. The number of hydrogen-bond donors (Lipinski definition) is 2. The lowest BCUT2D eigenvalue weighted by Gasteiger charge is -2.18. The number of imidazole rings is 1. The van der Waals surface area contributed by atoms with Crippen molar-refractivity contribution in [2.24, 2.45) is 7.05 Å². The Hall–Kier alpha value is -5.56. The maximum atomic E-state index is 13.1. The summed E-state index contributed by atoms with van der Waals surface area (Å²) in [6.07, 6.45) is 0.790. The van der Waals surface area contributed by atoms with Gasteiger partial charge >= 0.3 is 0 Å². The second-order valence-corrected chi connectivity index (χ2v) is 11.7. The fraction of sp³-hybridized carbons (Fsp3) is 0.179. The van der Waals surface area contributed by atoms with E-state index in [0.717, 1.165) is 63.0 Å². The van der Waals surface area contributed by atoms with E-state index in [2.05, 4.69) is 24.4 Å². The van der Waals surface area contributed by atoms with Gasteiger partial charge in [0.25, 0.3) is 0 Å². The number of benzene rings is 5. The summed E-state index contributed by atoms with van der Waals surface area (Å²) in [6, 6.07) is 35.1. The molecule has 0 aliphatic heterocycles. The summed E-state index contributed by atoms with van der Waals surface area (Å²) in [6.45, 7) is 6.42. The number of fused-ring (bicyclic) bond motifs is 1. The molecule has 0 aliphatic rings. The van der Waals surface area contributed by atoms with Crippen LogP contribution in [0.5, 0.6) is 17.2 Å². The first-order valence-corrected chi connectivity index (χ1v) is 15.4. The number of para-hydroxylation sites is 1. The Balaban J connectivity index is 1.07. The Labute approximate surface area is 269 Å². The van der Waals surface area contributed by atoms with E-state index < -0.39 is 0 Å². The van der Waals surface area contributed by atoms with Crippen LogP contribution < -0.4 is 20.5 Å². The van der Waals surface area contributed by atoms with Crippen molar-refractivity contribution in [1.82, 2.24) is 9.55 Å². The first-order chi connectivity index (χ1) is 22.2. The first-order valence-electron chi connectivity index (χ1n) is 15.4. The van der Waals surface area contributed by atoms with Gasteiger partial charge in [0.1, 0.15) is 29.7 Å². The minimum Gasteiger partial charge on any atom is -0.486 e. The van der Waals surface area contributed by atoms with E-state index in [-0.39, 0.29) is 11.8 Å². The minimum atomic E-state index is 0.00935. The number of carbonyl (C=O) groups excluding carboxylic acids is 1. The van der Waals surface area contributed by atoms with Gasteiger partial charge in [-0.3, -0.25) is 4.79 Å². The topological polar surface area (TPSA) is 91.4 Å². The van der Waals surface area contributed by atoms with Crippen LogP contribution in [0.3, 0.4) is 0 Å². The molecular weight excluding hydrogens is 572 g/mol. The van der Waals surface area contributed by atoms with Crippen LogP contribution in [0.4, 0.5) is 11.4 Å². The normalized spacial score (nSPS) is 11.7. The maximum absolute atomic E-state index is 13.1. The highest BCUT2D eigenvalue weighted by atomic mass is 16.5. The van der Waals surface area contributed by atoms with E-state index in [1.165, 1.54) is 5.56 Å². The molecule has 1 atom stereocenters. The van der Waals surface area contributed by atoms with Crippen LogP contribution in [-0.2, 0) is 20.1 Å². The van der Waals surface area contributed by atoms with Crippen LogP contribution in [0.15, 0.2) is 109 Å². The van der Waals surface area contributed by atoms with Crippen LogP contribution >= 0.6 is 0 Å². The van der Waals surface area contributed by atoms with Gasteiger partial charge < -0.3 is 25.1 Å². The monoisotopic (exact) mass is 610 g/mol. The van der Waals surface area contributed by atoms with Crippen LogP contribution in [-0.4, -0.2) is 21.4 Å². The molecule has 0 radical (unpaired) electrons. The number of nitrogens with two attached hydrogens (primary N) is 1. The second kappa shape index (κ2) is 13.2. The highest BCUT2D eigenvalue weighted by Crippen LogP contribution is 2.30. The number of nitrogens with zero attached hydrogens (tertiary/aromatic N) is 2. The van der Waals surface area contributed by atoms with Crippen molar-refractivity contribution >= 4 is 28.2 Å². The molecule has 0 amide bonds. The number of rotatable bonds is 11. The highest BCUT2D eigenvalue weighted by Gasteiger charge is 2.15. The summed E-state index contributed by atoms with van der Waals surface area (Å²) in [4.78, 5) is 17.9. The molecule has 0 aliphatic carbocycles. The maximum Gasteiger partial charge on any atom is 0.195 e. The van der Waals surface area contributed by atoms with E-state index in [9.17, 15) is 4.79 Å². The Kier molecular flexibility index (Phi) is 8.74. The zero-order valence-electron chi connectivity index (χ0n) is 26.6. The quantitative estimate of drug-likeness (QED) is 0.113. The third-order valence-electron chi connectivity index (χ3n) is 8.19. The van der Waals surface area contributed by atoms with Crippen molar-refractivity contribution in [1.29, 1.82) is 0 Å². The van der Waals surface area contributed by atoms with E-state index in [4.69, 9.17) is 20.2 Å². The number of ether oxygens (including phenoxy) is 2. The van der Waals surface area contributed by atoms with Crippen molar-refractivity contribution < 1.29 is 14.3 Å². The summed E-state index contributed by atoms with van der Waals surface area (Å²) >= 11 is 0. The molecule has 6 aromatic rings. The van der Waals surface area contributed by atoms with Crippen LogP contribution in [0.2, 0.25) is 0 Å². The summed E-state index contributed by atoms with van der Waals surface area (Å²) in [7, 11) is 1.98. The molecule has 0 spiro atoms. The van der Waals surface area contributed by atoms with Gasteiger partial charge in [0.05, 0.1) is 11.0 Å². The van der Waals surface area contributed by atoms with E-state index in [1.54, 1.807) is 0 Å². The number of carbonyl (C=O) groups is 1. The number of nitrogens with one attached hydrogen (secondary N) is 1. The average molecular weight is 611 g/mol. The Morgan fingerprint density at radius 3 is 2.26 bits per heavy atom. The zero-order chi connectivity index (χ0) is 32.2. The highest BCUT2D eigenvalue weighted by molar-refractivity contribution is 6.12. The molecule has 5 aromatic carbocycles. The first kappa shape index (κ1) is 30.5. The fourth-order valence-electron chi connectivity index (χ4n) is 5.63. The second-order valence-electron chi connectivity index (χ2n) is 11.7. The molecule has 7 heteroatoms. The van der Waals surface area contributed by atoms with E-state index in [0.29, 0.717) is 17.7 Å². The third kappa shape index (κ3) is 6.74. The van der Waals surface area contributed by atoms with Gasteiger partial charge in [-0.25, -0.2) is 4.98 Å². The van der Waals surface area contributed by atoms with E-state index >= 15 is 0 Å². The number of anilines is 2. The van der Waals surface area contributed by atoms with Crippen LogP contribution in [0.1, 0.15) is 45.4 Å². The molecule has 0 bridgehead atoms. The van der Waals surface area contributed by atoms with Crippen molar-refractivity contribution in [2.75, 3.05) is 11.1 Å². The van der Waals surface area contributed by atoms with Gasteiger partial charge in [-0.1, -0.05) is 54.6 Å². The van der Waals surface area contributed by atoms with Crippen molar-refractivity contribution in [2.45, 2.75) is 39.8 Å². The van der Waals surface area contributed by atoms with Gasteiger partial charge in [-0.2, -0.15) is 0 Å². The number of hydrogen-bond acceptors (Lipinski definition) is 6. The number of aromatic nitrogens is 2. The zero-order valence-corrected chi connectivity index (χ0v) is 26.6. The molecule has 1 heterocycles. The van der Waals surface area contributed by atoms with E-state index in [1.807, 2.05) is 123 Å². The summed E-state index contributed by atoms with van der Waals surface area (Å²) < 4.78 is 14.3. The summed E-state index contributed by atoms with van der Waals surface area (Å²) in [5, 5.41) is 3.54. The Morgan fingerprint density at radius 1 is 0.848 bits per heavy atom. The average Bonchev–Trinajstić information content (AvgIpc) is 3.37. The van der Waals surface area contributed by atoms with Crippen molar-refractivity contribution in [3.05, 3.63) is 143 Å². The number of nitrogen functional groups attached to an aromatic ring is 1. The minimum absolute atomic E-state index is 0.00935. The lowest BCUT2D eigenvalue weighted by atomic mass is 10.0. The molecule has 7 nitrogen and oxygen atoms in total. The smallest absolute Gasteiger partial charge is 0.195 e. The van der Waals surface area contributed by atoms with Crippen LogP contribution in [0, 0.1) is 13.8 Å². The van der Waals surface area contributed by atoms with Gasteiger partial charge in [0.2, 0.25) is 0 Å². The predicted octanol–water partition coefficient (Wildman–Crippen LogP) is 8.42. The predicted molar refractivity (Wildman–Crippen MR) is 185 cm³/mol. The van der Waals surface area contributed by atoms with Crippen molar-refractivity contribution in [3.8, 4) is 17.2 Å². The van der Waals surface area contributed by atoms with Gasteiger partial charge in [-0.05, 0) is 92.4 Å². The molecule has 3 N–H and O–H groups in total. The largest absolute Gasteiger partial charge is 0.486 e. The molecular formula is C39H38N4O3. The standard InChI is InChI=1S/C39H38N4O3/c1-25-20-32(21-26(2)38(25)40)46-31-18-19-35-36(23-31)43(4)37(42-35)24-45-30-16-14-28(15-17-30)22-27(3)41-34-13-9-8-12-33(34)39(44)29-10-6-5-7-11-29/h5-21,23,27,41H,22,24,40H2,1-4H3. The molecule has 1 aromatic heterocycles. The van der Waals surface area contributed by atoms with Gasteiger partial charge in [0, 0.05) is 41.7 Å². The molecule has 232 valence electrons. The molecule has 46 heavy (non-hydrogen) atoms. The molecule has 0 fully saturated rings.